The van der Waals surface area contributed by atoms with Crippen molar-refractivity contribution in [3.05, 3.63) is 39.6 Å². The fourth-order valence-corrected chi connectivity index (χ4v) is 3.24. The Morgan fingerprint density at radius 1 is 1.29 bits per heavy atom. The highest BCUT2D eigenvalue weighted by atomic mass is 35.5. The molecule has 0 fully saturated rings. The third kappa shape index (κ3) is 4.72. The minimum Gasteiger partial charge on any atom is -0.489 e. The average molecular weight is 409 g/mol. The van der Waals surface area contributed by atoms with E-state index in [0.29, 0.717) is 39.1 Å². The van der Waals surface area contributed by atoms with Crippen molar-refractivity contribution in [2.75, 3.05) is 19.7 Å². The molecule has 0 aliphatic carbocycles. The van der Waals surface area contributed by atoms with E-state index >= 15 is 0 Å². The van der Waals surface area contributed by atoms with Crippen LogP contribution in [0.25, 0.3) is 0 Å². The van der Waals surface area contributed by atoms with Gasteiger partial charge in [-0.15, -0.1) is 12.6 Å². The smallest absolute Gasteiger partial charge is 0.330 e. The van der Waals surface area contributed by atoms with Crippen LogP contribution in [0.5, 0.6) is 5.75 Å². The van der Waals surface area contributed by atoms with Crippen LogP contribution in [0.2, 0.25) is 15.1 Å². The molecule has 24 heavy (non-hydrogen) atoms. The predicted octanol–water partition coefficient (Wildman–Crippen LogP) is 4.89. The molecule has 0 saturated heterocycles. The van der Waals surface area contributed by atoms with E-state index in [9.17, 15) is 4.79 Å². The fraction of sp³-hybridized carbons (Fsp3) is 0.333. The molecule has 0 radical (unpaired) electrons. The van der Waals surface area contributed by atoms with Crippen molar-refractivity contribution in [3.63, 3.8) is 0 Å². The van der Waals surface area contributed by atoms with Gasteiger partial charge in [0.05, 0.1) is 16.6 Å². The topological polar surface area (TPSA) is 47.4 Å². The number of carbonyl (C=O) groups excluding carboxylic acids is 1. The maximum atomic E-state index is 12.5. The van der Waals surface area contributed by atoms with Crippen LogP contribution in [0.1, 0.15) is 13.3 Å². The first-order valence-electron chi connectivity index (χ1n) is 7.23. The molecule has 0 atom stereocenters. The number of thiol groups is 1. The van der Waals surface area contributed by atoms with Crippen LogP contribution in [-0.2, 0) is 0 Å². The second-order valence-corrected chi connectivity index (χ2v) is 6.56. The van der Waals surface area contributed by atoms with Crippen molar-refractivity contribution in [2.45, 2.75) is 18.5 Å². The number of rotatable bonds is 6. The SMILES string of the molecule is CCCN(CCOc1c(Cl)cc(Cl)cc1Cl)C(=O)n1ccnc1S. The summed E-state index contributed by atoms with van der Waals surface area (Å²) in [4.78, 5) is 18.1. The van der Waals surface area contributed by atoms with Gasteiger partial charge in [0.2, 0.25) is 0 Å². The number of hydrogen-bond donors (Lipinski definition) is 1. The van der Waals surface area contributed by atoms with Gasteiger partial charge in [-0.05, 0) is 18.6 Å². The maximum absolute atomic E-state index is 12.5. The first-order chi connectivity index (χ1) is 11.4. The molecule has 9 heteroatoms. The molecule has 1 aromatic carbocycles. The molecule has 0 N–H and O–H groups in total. The predicted molar refractivity (Wildman–Crippen MR) is 99.1 cm³/mol. The molecule has 2 aromatic rings. The summed E-state index contributed by atoms with van der Waals surface area (Å²) < 4.78 is 7.01. The first-order valence-corrected chi connectivity index (χ1v) is 8.81. The van der Waals surface area contributed by atoms with Crippen LogP contribution in [0.3, 0.4) is 0 Å². The van der Waals surface area contributed by atoms with Gasteiger partial charge in [-0.2, -0.15) is 0 Å². The summed E-state index contributed by atoms with van der Waals surface area (Å²) in [5, 5.41) is 1.42. The number of carbonyl (C=O) groups is 1. The summed E-state index contributed by atoms with van der Waals surface area (Å²) >= 11 is 22.2. The summed E-state index contributed by atoms with van der Waals surface area (Å²) in [7, 11) is 0. The van der Waals surface area contributed by atoms with Gasteiger partial charge in [0, 0.05) is 24.0 Å². The van der Waals surface area contributed by atoms with E-state index in [1.807, 2.05) is 6.92 Å². The van der Waals surface area contributed by atoms with E-state index in [1.165, 1.54) is 10.8 Å². The van der Waals surface area contributed by atoms with Gasteiger partial charge >= 0.3 is 6.03 Å². The quantitative estimate of drug-likeness (QED) is 0.692. The van der Waals surface area contributed by atoms with Crippen molar-refractivity contribution in [1.82, 2.24) is 14.5 Å². The van der Waals surface area contributed by atoms with Crippen LogP contribution in [0.4, 0.5) is 4.79 Å². The van der Waals surface area contributed by atoms with E-state index in [4.69, 9.17) is 39.5 Å². The normalized spacial score (nSPS) is 10.7. The van der Waals surface area contributed by atoms with E-state index in [1.54, 1.807) is 23.2 Å². The number of nitrogens with zero attached hydrogens (tertiary/aromatic N) is 3. The molecule has 1 amide bonds. The zero-order chi connectivity index (χ0) is 17.7. The molecule has 2 rings (SSSR count). The number of aromatic nitrogens is 2. The van der Waals surface area contributed by atoms with E-state index in [-0.39, 0.29) is 12.6 Å². The minimum absolute atomic E-state index is 0.212. The number of ether oxygens (including phenoxy) is 1. The third-order valence-corrected chi connectivity index (χ3v) is 4.27. The number of hydrogen-bond acceptors (Lipinski definition) is 4. The van der Waals surface area contributed by atoms with Gasteiger partial charge in [-0.3, -0.25) is 0 Å². The first kappa shape index (κ1) is 19.2. The van der Waals surface area contributed by atoms with Crippen LogP contribution in [-0.4, -0.2) is 40.2 Å². The van der Waals surface area contributed by atoms with Crippen molar-refractivity contribution < 1.29 is 9.53 Å². The van der Waals surface area contributed by atoms with Crippen LogP contribution in [0.15, 0.2) is 29.7 Å². The second-order valence-electron chi connectivity index (χ2n) is 4.91. The lowest BCUT2D eigenvalue weighted by Gasteiger charge is -2.23. The van der Waals surface area contributed by atoms with Crippen molar-refractivity contribution in [3.8, 4) is 5.75 Å². The average Bonchev–Trinajstić information content (AvgIpc) is 2.94. The molecular formula is C15H16Cl3N3O2S. The summed E-state index contributed by atoms with van der Waals surface area (Å²) in [6.07, 6.45) is 3.90. The van der Waals surface area contributed by atoms with Gasteiger partial charge in [0.1, 0.15) is 6.61 Å². The van der Waals surface area contributed by atoms with Crippen LogP contribution >= 0.6 is 47.4 Å². The zero-order valence-electron chi connectivity index (χ0n) is 12.9. The van der Waals surface area contributed by atoms with Crippen molar-refractivity contribution >= 4 is 53.5 Å². The van der Waals surface area contributed by atoms with E-state index < -0.39 is 0 Å². The van der Waals surface area contributed by atoms with Crippen molar-refractivity contribution in [1.29, 1.82) is 0 Å². The second kappa shape index (κ2) is 8.85. The lowest BCUT2D eigenvalue weighted by molar-refractivity contribution is 0.182. The van der Waals surface area contributed by atoms with E-state index in [2.05, 4.69) is 17.6 Å². The Kier molecular flexibility index (Phi) is 7.10. The standard InChI is InChI=1S/C15H16Cl3N3O2S/c1-2-4-20(15(22)21-5-3-19-14(21)24)6-7-23-13-11(17)8-10(16)9-12(13)18/h3,5,8-9H,2,4,6-7H2,1H3,(H,19,24). The Hall–Kier alpha value is -1.08. The molecule has 0 bridgehead atoms. The van der Waals surface area contributed by atoms with Crippen molar-refractivity contribution in [2.24, 2.45) is 0 Å². The van der Waals surface area contributed by atoms with Gasteiger partial charge in [-0.1, -0.05) is 41.7 Å². The minimum atomic E-state index is -0.212. The summed E-state index contributed by atoms with van der Waals surface area (Å²) in [6.45, 7) is 3.18. The number of imidazole rings is 1. The van der Waals surface area contributed by atoms with Crippen LogP contribution < -0.4 is 4.74 Å². The van der Waals surface area contributed by atoms with Gasteiger partial charge < -0.3 is 9.64 Å². The highest BCUT2D eigenvalue weighted by molar-refractivity contribution is 7.80. The van der Waals surface area contributed by atoms with E-state index in [0.717, 1.165) is 6.42 Å². The molecule has 0 aliphatic rings. The molecule has 0 saturated carbocycles. The summed E-state index contributed by atoms with van der Waals surface area (Å²) in [5.41, 5.74) is 0. The Bertz CT molecular complexity index is 701. The molecule has 0 unspecified atom stereocenters. The summed E-state index contributed by atoms with van der Waals surface area (Å²) in [6, 6.07) is 2.90. The molecule has 1 aromatic heterocycles. The molecule has 0 aliphatic heterocycles. The fourth-order valence-electron chi connectivity index (χ4n) is 2.09. The number of halogens is 3. The summed E-state index contributed by atoms with van der Waals surface area (Å²) in [5.74, 6) is 0.351. The Labute approximate surface area is 160 Å². The monoisotopic (exact) mass is 407 g/mol. The lowest BCUT2D eigenvalue weighted by atomic mass is 10.3. The lowest BCUT2D eigenvalue weighted by Crippen LogP contribution is -2.38. The molecule has 130 valence electrons. The largest absolute Gasteiger partial charge is 0.489 e. The molecule has 0 spiro atoms. The zero-order valence-corrected chi connectivity index (χ0v) is 16.0. The highest BCUT2D eigenvalue weighted by Crippen LogP contribution is 2.35. The molecule has 1 heterocycles. The Morgan fingerprint density at radius 2 is 1.96 bits per heavy atom. The van der Waals surface area contributed by atoms with Gasteiger partial charge in [-0.25, -0.2) is 14.3 Å². The third-order valence-electron chi connectivity index (χ3n) is 3.16. The van der Waals surface area contributed by atoms with Gasteiger partial charge in [0.15, 0.2) is 10.9 Å². The Balaban J connectivity index is 2.02. The van der Waals surface area contributed by atoms with Crippen LogP contribution in [0, 0.1) is 0 Å². The molecular weight excluding hydrogens is 393 g/mol. The number of amides is 1. The maximum Gasteiger partial charge on any atom is 0.330 e. The molecule has 5 nitrogen and oxygen atoms in total. The Morgan fingerprint density at radius 3 is 2.50 bits per heavy atom. The number of benzene rings is 1. The highest BCUT2D eigenvalue weighted by Gasteiger charge is 2.17. The van der Waals surface area contributed by atoms with Gasteiger partial charge in [0.25, 0.3) is 0 Å².